The van der Waals surface area contributed by atoms with Crippen LogP contribution >= 0.6 is 0 Å². The van der Waals surface area contributed by atoms with Gasteiger partial charge in [0.15, 0.2) is 11.7 Å². The van der Waals surface area contributed by atoms with E-state index < -0.39 is 79.9 Å². The van der Waals surface area contributed by atoms with Gasteiger partial charge in [-0.05, 0) is 6.42 Å². The van der Waals surface area contributed by atoms with Crippen molar-refractivity contribution >= 4 is 5.97 Å². The Labute approximate surface area is 224 Å². The van der Waals surface area contributed by atoms with Crippen LogP contribution < -0.4 is 0 Å². The highest BCUT2D eigenvalue weighted by Crippen LogP contribution is 2.48. The van der Waals surface area contributed by atoms with Crippen molar-refractivity contribution < 1.29 is 59.9 Å². The third-order valence-corrected chi connectivity index (χ3v) is 7.75. The summed E-state index contributed by atoms with van der Waals surface area (Å²) in [6, 6.07) is 0. The van der Waals surface area contributed by atoms with E-state index >= 15 is 0 Å². The molecule has 0 aromatic heterocycles. The summed E-state index contributed by atoms with van der Waals surface area (Å²) in [4.78, 5) is 12.9. The minimum Gasteiger partial charge on any atom is -0.427 e. The highest BCUT2D eigenvalue weighted by Gasteiger charge is 2.74. The molecule has 0 radical (unpaired) electrons. The van der Waals surface area contributed by atoms with Crippen molar-refractivity contribution in [1.29, 1.82) is 0 Å². The summed E-state index contributed by atoms with van der Waals surface area (Å²) >= 11 is 0. The first-order chi connectivity index (χ1) is 18.2. The van der Waals surface area contributed by atoms with Crippen molar-refractivity contribution in [2.24, 2.45) is 0 Å². The summed E-state index contributed by atoms with van der Waals surface area (Å²) in [6.07, 6.45) is -1.46. The normalized spacial score (nSPS) is 37.4. The topological polar surface area (TPSA) is 207 Å². The van der Waals surface area contributed by atoms with Crippen LogP contribution in [0.4, 0.5) is 0 Å². The zero-order chi connectivity index (χ0) is 28.3. The Hall–Kier alpha value is -0.930. The minimum absolute atomic E-state index is 0.124. The Bertz CT molecular complexity index is 693. The van der Waals surface area contributed by atoms with Crippen LogP contribution in [0.25, 0.3) is 0 Å². The number of carbonyl (C=O) groups excluding carboxylic acids is 1. The van der Waals surface area contributed by atoms with E-state index in [1.165, 1.54) is 38.5 Å². The molecule has 9 atom stereocenters. The standard InChI is InChI=1S/C26H48O12/c1-2-3-4-5-6-7-8-9-10-11-12-13-19(30)38-26(24(35)22(33)20(31)17(14-27)37-26)25(16-29)23(34)21(32)18(15-28)36-25/h17-18,20-24,27-29,31-35H,2-16H2,1H3. The maximum Gasteiger partial charge on any atom is 0.308 e. The van der Waals surface area contributed by atoms with E-state index in [0.717, 1.165) is 25.7 Å². The monoisotopic (exact) mass is 552 g/mol. The molecule has 12 nitrogen and oxygen atoms in total. The van der Waals surface area contributed by atoms with E-state index in [4.69, 9.17) is 14.2 Å². The van der Waals surface area contributed by atoms with E-state index in [9.17, 15) is 45.6 Å². The molecule has 0 aromatic carbocycles. The highest BCUT2D eigenvalue weighted by molar-refractivity contribution is 5.70. The van der Waals surface area contributed by atoms with Crippen LogP contribution in [0, 0.1) is 0 Å². The first kappa shape index (κ1) is 33.3. The fourth-order valence-corrected chi connectivity index (χ4v) is 5.38. The van der Waals surface area contributed by atoms with Crippen molar-refractivity contribution in [2.75, 3.05) is 19.8 Å². The molecule has 0 spiro atoms. The predicted octanol–water partition coefficient (Wildman–Crippen LogP) is -0.755. The molecule has 0 saturated carbocycles. The first-order valence-electron chi connectivity index (χ1n) is 14.0. The molecular formula is C26H48O12. The first-order valence-corrected chi connectivity index (χ1v) is 14.0. The molecule has 9 unspecified atom stereocenters. The van der Waals surface area contributed by atoms with Gasteiger partial charge in [0.05, 0.1) is 19.8 Å². The van der Waals surface area contributed by atoms with Gasteiger partial charge in [-0.3, -0.25) is 4.79 Å². The molecule has 2 aliphatic heterocycles. The van der Waals surface area contributed by atoms with E-state index in [0.29, 0.717) is 6.42 Å². The Morgan fingerprint density at radius 3 is 1.66 bits per heavy atom. The van der Waals surface area contributed by atoms with E-state index in [-0.39, 0.29) is 6.42 Å². The average Bonchev–Trinajstić information content (AvgIpc) is 3.17. The second-order valence-electron chi connectivity index (χ2n) is 10.5. The smallest absolute Gasteiger partial charge is 0.308 e. The fraction of sp³-hybridized carbons (Fsp3) is 0.962. The lowest BCUT2D eigenvalue weighted by Gasteiger charge is -2.54. The second kappa shape index (κ2) is 15.8. The number of ether oxygens (including phenoxy) is 3. The van der Waals surface area contributed by atoms with Gasteiger partial charge in [0.2, 0.25) is 0 Å². The van der Waals surface area contributed by atoms with Crippen molar-refractivity contribution in [3.63, 3.8) is 0 Å². The number of rotatable bonds is 17. The molecule has 0 aliphatic carbocycles. The Kier molecular flexibility index (Phi) is 13.8. The third kappa shape index (κ3) is 7.22. The zero-order valence-electron chi connectivity index (χ0n) is 22.4. The van der Waals surface area contributed by atoms with Gasteiger partial charge >= 0.3 is 5.97 Å². The SMILES string of the molecule is CCCCCCCCCCCCCC(=O)OC1(C2(CO)OC(CO)C(O)C2O)OC(CO)C(O)C(O)C1O. The van der Waals surface area contributed by atoms with Crippen molar-refractivity contribution in [3.8, 4) is 0 Å². The quantitative estimate of drug-likeness (QED) is 0.0828. The van der Waals surface area contributed by atoms with Crippen molar-refractivity contribution in [3.05, 3.63) is 0 Å². The van der Waals surface area contributed by atoms with Crippen LogP contribution in [0.2, 0.25) is 0 Å². The highest BCUT2D eigenvalue weighted by atomic mass is 16.8. The zero-order valence-corrected chi connectivity index (χ0v) is 22.4. The molecule has 0 amide bonds. The summed E-state index contributed by atoms with van der Waals surface area (Å²) in [6.45, 7) is -0.668. The van der Waals surface area contributed by atoms with Gasteiger partial charge in [-0.15, -0.1) is 0 Å². The predicted molar refractivity (Wildman–Crippen MR) is 134 cm³/mol. The second-order valence-corrected chi connectivity index (χ2v) is 10.5. The van der Waals surface area contributed by atoms with Gasteiger partial charge in [-0.25, -0.2) is 0 Å². The molecule has 0 aromatic rings. The largest absolute Gasteiger partial charge is 0.427 e. The fourth-order valence-electron chi connectivity index (χ4n) is 5.38. The molecule has 2 rings (SSSR count). The summed E-state index contributed by atoms with van der Waals surface area (Å²) in [7, 11) is 0. The van der Waals surface area contributed by atoms with Crippen molar-refractivity contribution in [2.45, 2.75) is 138 Å². The summed E-state index contributed by atoms with van der Waals surface area (Å²) in [5, 5.41) is 82.4. The molecule has 2 fully saturated rings. The van der Waals surface area contributed by atoms with Gasteiger partial charge in [0.25, 0.3) is 5.79 Å². The van der Waals surface area contributed by atoms with Gasteiger partial charge in [0, 0.05) is 6.42 Å². The number of esters is 1. The van der Waals surface area contributed by atoms with Crippen LogP contribution in [-0.2, 0) is 19.0 Å². The molecule has 0 bridgehead atoms. The Morgan fingerprint density at radius 2 is 1.18 bits per heavy atom. The summed E-state index contributed by atoms with van der Waals surface area (Å²) in [5.41, 5.74) is -2.56. The van der Waals surface area contributed by atoms with Crippen LogP contribution in [0.15, 0.2) is 0 Å². The third-order valence-electron chi connectivity index (χ3n) is 7.75. The van der Waals surface area contributed by atoms with Crippen LogP contribution in [0.1, 0.15) is 84.0 Å². The molecule has 224 valence electrons. The molecule has 2 saturated heterocycles. The number of aliphatic hydroxyl groups is 8. The lowest BCUT2D eigenvalue weighted by molar-refractivity contribution is -0.415. The van der Waals surface area contributed by atoms with Gasteiger partial charge < -0.3 is 55.1 Å². The molecule has 2 aliphatic rings. The summed E-state index contributed by atoms with van der Waals surface area (Å²) in [5.74, 6) is -3.74. The molecule has 2 heterocycles. The minimum atomic E-state index is -2.83. The number of aliphatic hydroxyl groups excluding tert-OH is 8. The molecular weight excluding hydrogens is 504 g/mol. The van der Waals surface area contributed by atoms with E-state index in [1.54, 1.807) is 0 Å². The van der Waals surface area contributed by atoms with E-state index in [1.807, 2.05) is 0 Å². The maximum absolute atomic E-state index is 12.9. The maximum atomic E-state index is 12.9. The van der Waals surface area contributed by atoms with Crippen LogP contribution in [0.3, 0.4) is 0 Å². The molecule has 12 heteroatoms. The number of carbonyl (C=O) groups is 1. The van der Waals surface area contributed by atoms with Crippen molar-refractivity contribution in [1.82, 2.24) is 0 Å². The Morgan fingerprint density at radius 1 is 0.684 bits per heavy atom. The van der Waals surface area contributed by atoms with E-state index in [2.05, 4.69) is 6.92 Å². The number of hydrogen-bond donors (Lipinski definition) is 8. The van der Waals surface area contributed by atoms with Gasteiger partial charge in [-0.1, -0.05) is 71.1 Å². The average molecular weight is 553 g/mol. The van der Waals surface area contributed by atoms with Gasteiger partial charge in [-0.2, -0.15) is 0 Å². The number of hydrogen-bond acceptors (Lipinski definition) is 12. The lowest BCUT2D eigenvalue weighted by Crippen LogP contribution is -2.78. The van der Waals surface area contributed by atoms with Gasteiger partial charge in [0.1, 0.15) is 36.6 Å². The number of unbranched alkanes of at least 4 members (excludes halogenated alkanes) is 10. The molecule has 8 N–H and O–H groups in total. The van der Waals surface area contributed by atoms with Crippen LogP contribution in [0.5, 0.6) is 0 Å². The summed E-state index contributed by atoms with van der Waals surface area (Å²) < 4.78 is 16.6. The van der Waals surface area contributed by atoms with Crippen LogP contribution in [-0.4, -0.2) is 121 Å². The molecule has 38 heavy (non-hydrogen) atoms. The Balaban J connectivity index is 2.06. The lowest BCUT2D eigenvalue weighted by atomic mass is 9.78.